The van der Waals surface area contributed by atoms with Crippen molar-refractivity contribution < 1.29 is 14.3 Å². The fourth-order valence-electron chi connectivity index (χ4n) is 3.16. The third-order valence-corrected chi connectivity index (χ3v) is 4.82. The fourth-order valence-corrected chi connectivity index (χ4v) is 3.16. The summed E-state index contributed by atoms with van der Waals surface area (Å²) in [5.74, 6) is 0.164. The van der Waals surface area contributed by atoms with E-state index in [-0.39, 0.29) is 18.4 Å². The quantitative estimate of drug-likeness (QED) is 0.801. The Hall–Kier alpha value is -2.86. The number of benzene rings is 2. The zero-order valence-electron chi connectivity index (χ0n) is 16.5. The number of likely N-dealkylation sites (tertiary alicyclic amines) is 1. The summed E-state index contributed by atoms with van der Waals surface area (Å²) in [6.45, 7) is 2.99. The minimum absolute atomic E-state index is 0.0588. The van der Waals surface area contributed by atoms with E-state index >= 15 is 0 Å². The zero-order valence-corrected chi connectivity index (χ0v) is 16.5. The molecular formula is C22H27N3O3. The highest BCUT2D eigenvalue weighted by Gasteiger charge is 2.15. The van der Waals surface area contributed by atoms with Crippen LogP contribution in [0.3, 0.4) is 0 Å². The summed E-state index contributed by atoms with van der Waals surface area (Å²) in [4.78, 5) is 28.3. The Bertz CT molecular complexity index is 829. The normalized spacial score (nSPS) is 13.9. The number of nitrogens with one attached hydrogen (secondary N) is 1. The molecule has 0 aliphatic carbocycles. The van der Waals surface area contributed by atoms with Gasteiger partial charge in [0.25, 0.3) is 11.8 Å². The number of rotatable bonds is 7. The summed E-state index contributed by atoms with van der Waals surface area (Å²) in [6.07, 6.45) is 2.47. The van der Waals surface area contributed by atoms with Crippen LogP contribution in [0, 0.1) is 0 Å². The molecular weight excluding hydrogens is 354 g/mol. The van der Waals surface area contributed by atoms with Crippen molar-refractivity contribution >= 4 is 17.5 Å². The van der Waals surface area contributed by atoms with Crippen LogP contribution >= 0.6 is 0 Å². The van der Waals surface area contributed by atoms with E-state index in [0.717, 1.165) is 30.9 Å². The largest absolute Gasteiger partial charge is 0.484 e. The molecule has 1 aliphatic heterocycles. The van der Waals surface area contributed by atoms with Crippen molar-refractivity contribution in [3.05, 3.63) is 59.7 Å². The molecule has 0 bridgehead atoms. The van der Waals surface area contributed by atoms with E-state index in [4.69, 9.17) is 4.74 Å². The van der Waals surface area contributed by atoms with E-state index in [1.54, 1.807) is 38.4 Å². The van der Waals surface area contributed by atoms with Gasteiger partial charge in [0.1, 0.15) is 5.75 Å². The molecule has 148 valence electrons. The summed E-state index contributed by atoms with van der Waals surface area (Å²) >= 11 is 0. The van der Waals surface area contributed by atoms with Crippen LogP contribution in [-0.4, -0.2) is 55.4 Å². The number of nitrogens with zero attached hydrogens (tertiary/aromatic N) is 2. The number of ether oxygens (including phenoxy) is 1. The highest BCUT2D eigenvalue weighted by molar-refractivity contribution is 6.04. The number of para-hydroxylation sites is 1. The third-order valence-electron chi connectivity index (χ3n) is 4.82. The zero-order chi connectivity index (χ0) is 19.9. The van der Waals surface area contributed by atoms with Gasteiger partial charge in [-0.05, 0) is 55.8 Å². The molecule has 3 rings (SSSR count). The number of amides is 2. The molecule has 2 aromatic rings. The van der Waals surface area contributed by atoms with Gasteiger partial charge in [-0.25, -0.2) is 0 Å². The first-order valence-corrected chi connectivity index (χ1v) is 9.57. The van der Waals surface area contributed by atoms with Crippen molar-refractivity contribution in [2.75, 3.05) is 39.1 Å². The molecule has 1 aliphatic rings. The molecule has 2 amide bonds. The SMILES string of the molecule is CN(C)C(=O)COc1cccc(C(=O)Nc2ccccc2CN2CCCC2)c1. The highest BCUT2D eigenvalue weighted by Crippen LogP contribution is 2.21. The van der Waals surface area contributed by atoms with Gasteiger partial charge in [0.15, 0.2) is 6.61 Å². The predicted octanol–water partition coefficient (Wildman–Crippen LogP) is 3.00. The van der Waals surface area contributed by atoms with Crippen molar-refractivity contribution in [3.8, 4) is 5.75 Å². The van der Waals surface area contributed by atoms with Crippen LogP contribution in [0.5, 0.6) is 5.75 Å². The molecule has 2 aromatic carbocycles. The van der Waals surface area contributed by atoms with Crippen molar-refractivity contribution in [2.24, 2.45) is 0 Å². The molecule has 6 heteroatoms. The van der Waals surface area contributed by atoms with Crippen LogP contribution < -0.4 is 10.1 Å². The monoisotopic (exact) mass is 381 g/mol. The molecule has 0 radical (unpaired) electrons. The molecule has 1 heterocycles. The average Bonchev–Trinajstić information content (AvgIpc) is 3.21. The lowest BCUT2D eigenvalue weighted by Crippen LogP contribution is -2.27. The second kappa shape index (κ2) is 9.37. The lowest BCUT2D eigenvalue weighted by molar-refractivity contribution is -0.130. The Balaban J connectivity index is 1.66. The third kappa shape index (κ3) is 5.33. The van der Waals surface area contributed by atoms with Gasteiger partial charge in [0.2, 0.25) is 0 Å². The Labute approximate surface area is 166 Å². The van der Waals surface area contributed by atoms with Crippen LogP contribution in [0.25, 0.3) is 0 Å². The Morgan fingerprint density at radius 2 is 1.82 bits per heavy atom. The second-order valence-corrected chi connectivity index (χ2v) is 7.20. The molecule has 0 atom stereocenters. The highest BCUT2D eigenvalue weighted by atomic mass is 16.5. The van der Waals surface area contributed by atoms with Crippen LogP contribution in [0.2, 0.25) is 0 Å². The maximum absolute atomic E-state index is 12.7. The lowest BCUT2D eigenvalue weighted by atomic mass is 10.1. The molecule has 6 nitrogen and oxygen atoms in total. The molecule has 1 fully saturated rings. The van der Waals surface area contributed by atoms with E-state index in [2.05, 4.69) is 16.3 Å². The average molecular weight is 381 g/mol. The fraction of sp³-hybridized carbons (Fsp3) is 0.364. The van der Waals surface area contributed by atoms with Gasteiger partial charge in [-0.1, -0.05) is 24.3 Å². The molecule has 28 heavy (non-hydrogen) atoms. The van der Waals surface area contributed by atoms with Gasteiger partial charge < -0.3 is 15.0 Å². The van der Waals surface area contributed by atoms with E-state index in [1.807, 2.05) is 18.2 Å². The number of carbonyl (C=O) groups excluding carboxylic acids is 2. The summed E-state index contributed by atoms with van der Waals surface area (Å²) in [5.41, 5.74) is 2.43. The topological polar surface area (TPSA) is 61.9 Å². The van der Waals surface area contributed by atoms with Crippen molar-refractivity contribution in [2.45, 2.75) is 19.4 Å². The van der Waals surface area contributed by atoms with Crippen LogP contribution in [0.1, 0.15) is 28.8 Å². The first-order valence-electron chi connectivity index (χ1n) is 9.57. The van der Waals surface area contributed by atoms with Gasteiger partial charge >= 0.3 is 0 Å². The lowest BCUT2D eigenvalue weighted by Gasteiger charge is -2.18. The maximum Gasteiger partial charge on any atom is 0.259 e. The predicted molar refractivity (Wildman–Crippen MR) is 110 cm³/mol. The Morgan fingerprint density at radius 3 is 2.57 bits per heavy atom. The van der Waals surface area contributed by atoms with Crippen molar-refractivity contribution in [1.82, 2.24) is 9.80 Å². The summed E-state index contributed by atoms with van der Waals surface area (Å²) in [5, 5.41) is 3.01. The number of likely N-dealkylation sites (N-methyl/N-ethyl adjacent to an activating group) is 1. The minimum atomic E-state index is -0.196. The molecule has 0 aromatic heterocycles. The number of anilines is 1. The summed E-state index contributed by atoms with van der Waals surface area (Å²) in [6, 6.07) is 14.8. The van der Waals surface area contributed by atoms with E-state index in [9.17, 15) is 9.59 Å². The van der Waals surface area contributed by atoms with Gasteiger partial charge in [-0.3, -0.25) is 14.5 Å². The molecule has 0 saturated carbocycles. The van der Waals surface area contributed by atoms with Crippen LogP contribution in [0.4, 0.5) is 5.69 Å². The summed E-state index contributed by atoms with van der Waals surface area (Å²) in [7, 11) is 3.35. The molecule has 0 unspecified atom stereocenters. The van der Waals surface area contributed by atoms with E-state index < -0.39 is 0 Å². The first kappa shape index (κ1) is 19.9. The molecule has 0 spiro atoms. The first-order chi connectivity index (χ1) is 13.5. The standard InChI is InChI=1S/C22H27N3O3/c1-24(2)21(26)16-28-19-10-7-9-17(14-19)22(27)23-20-11-4-3-8-18(20)15-25-12-5-6-13-25/h3-4,7-11,14H,5-6,12-13,15-16H2,1-2H3,(H,23,27). The van der Waals surface area contributed by atoms with E-state index in [1.165, 1.54) is 17.7 Å². The number of carbonyl (C=O) groups is 2. The van der Waals surface area contributed by atoms with Gasteiger partial charge in [0, 0.05) is 31.9 Å². The Kier molecular flexibility index (Phi) is 6.66. The smallest absolute Gasteiger partial charge is 0.259 e. The molecule has 1 N–H and O–H groups in total. The summed E-state index contributed by atoms with van der Waals surface area (Å²) < 4.78 is 5.50. The Morgan fingerprint density at radius 1 is 1.07 bits per heavy atom. The number of hydrogen-bond donors (Lipinski definition) is 1. The molecule has 1 saturated heterocycles. The van der Waals surface area contributed by atoms with Gasteiger partial charge in [0.05, 0.1) is 0 Å². The van der Waals surface area contributed by atoms with Crippen molar-refractivity contribution in [1.29, 1.82) is 0 Å². The van der Waals surface area contributed by atoms with Crippen LogP contribution in [-0.2, 0) is 11.3 Å². The second-order valence-electron chi connectivity index (χ2n) is 7.20. The van der Waals surface area contributed by atoms with Gasteiger partial charge in [-0.15, -0.1) is 0 Å². The van der Waals surface area contributed by atoms with Crippen LogP contribution in [0.15, 0.2) is 48.5 Å². The van der Waals surface area contributed by atoms with Gasteiger partial charge in [-0.2, -0.15) is 0 Å². The van der Waals surface area contributed by atoms with E-state index in [0.29, 0.717) is 11.3 Å². The number of hydrogen-bond acceptors (Lipinski definition) is 4. The van der Waals surface area contributed by atoms with Crippen molar-refractivity contribution in [3.63, 3.8) is 0 Å². The minimum Gasteiger partial charge on any atom is -0.484 e. The maximum atomic E-state index is 12.7.